The van der Waals surface area contributed by atoms with Gasteiger partial charge >= 0.3 is 0 Å². The molecule has 3 aromatic carbocycles. The van der Waals surface area contributed by atoms with Gasteiger partial charge in [-0.2, -0.15) is 10.1 Å². The van der Waals surface area contributed by atoms with Crippen LogP contribution in [0.25, 0.3) is 6.08 Å². The number of amides is 1. The summed E-state index contributed by atoms with van der Waals surface area (Å²) in [5.41, 5.74) is 4.14. The highest BCUT2D eigenvalue weighted by Crippen LogP contribution is 2.32. The maximum atomic E-state index is 13.0. The molecule has 31 heavy (non-hydrogen) atoms. The van der Waals surface area contributed by atoms with Crippen molar-refractivity contribution in [2.45, 2.75) is 13.5 Å². The maximum absolute atomic E-state index is 13.0. The maximum Gasteiger partial charge on any atom is 0.280 e. The van der Waals surface area contributed by atoms with Crippen molar-refractivity contribution in [3.63, 3.8) is 0 Å². The van der Waals surface area contributed by atoms with Crippen LogP contribution in [0.4, 0.5) is 5.69 Å². The van der Waals surface area contributed by atoms with Gasteiger partial charge in [0.25, 0.3) is 5.91 Å². The Balaban J connectivity index is 1.55. The van der Waals surface area contributed by atoms with Crippen LogP contribution in [0.5, 0.6) is 5.75 Å². The average Bonchev–Trinajstić information content (AvgIpc) is 3.03. The molecule has 0 saturated heterocycles. The third-order valence-electron chi connectivity index (χ3n) is 4.69. The molecule has 0 radical (unpaired) electrons. The molecule has 156 valence electrons. The van der Waals surface area contributed by atoms with E-state index in [1.807, 2.05) is 55.5 Å². The van der Waals surface area contributed by atoms with Crippen LogP contribution in [0.2, 0.25) is 0 Å². The van der Waals surface area contributed by atoms with Gasteiger partial charge < -0.3 is 4.74 Å². The number of halogens is 3. The SMILES string of the molecule is CC1=NN(c2ccccc2)C(=O)/C1=C/c1cc(I)c(OCc2ccc(I)cc2)c(I)c1. The van der Waals surface area contributed by atoms with Gasteiger partial charge in [0.2, 0.25) is 0 Å². The summed E-state index contributed by atoms with van der Waals surface area (Å²) in [7, 11) is 0. The van der Waals surface area contributed by atoms with Gasteiger partial charge in [-0.1, -0.05) is 30.3 Å². The van der Waals surface area contributed by atoms with Crippen molar-refractivity contribution in [2.75, 3.05) is 5.01 Å². The number of hydrogen-bond acceptors (Lipinski definition) is 3. The van der Waals surface area contributed by atoms with E-state index in [1.165, 1.54) is 8.58 Å². The van der Waals surface area contributed by atoms with Crippen LogP contribution in [0.15, 0.2) is 77.4 Å². The summed E-state index contributed by atoms with van der Waals surface area (Å²) in [6, 6.07) is 21.8. The van der Waals surface area contributed by atoms with E-state index < -0.39 is 0 Å². The van der Waals surface area contributed by atoms with E-state index in [0.717, 1.165) is 29.7 Å². The van der Waals surface area contributed by atoms with Crippen LogP contribution in [0.3, 0.4) is 0 Å². The summed E-state index contributed by atoms with van der Waals surface area (Å²) in [5, 5.41) is 5.91. The third kappa shape index (κ3) is 5.30. The number of hydrazone groups is 1. The van der Waals surface area contributed by atoms with Crippen molar-refractivity contribution in [3.8, 4) is 5.75 Å². The van der Waals surface area contributed by atoms with Crippen molar-refractivity contribution < 1.29 is 9.53 Å². The van der Waals surface area contributed by atoms with E-state index in [-0.39, 0.29) is 5.91 Å². The Labute approximate surface area is 222 Å². The second-order valence-corrected chi connectivity index (χ2v) is 10.5. The molecule has 0 atom stereocenters. The van der Waals surface area contributed by atoms with Crippen LogP contribution in [0, 0.1) is 10.7 Å². The van der Waals surface area contributed by atoms with E-state index in [1.54, 1.807) is 0 Å². The number of rotatable bonds is 5. The molecule has 1 heterocycles. The predicted molar refractivity (Wildman–Crippen MR) is 150 cm³/mol. The first kappa shape index (κ1) is 22.7. The van der Waals surface area contributed by atoms with Gasteiger partial charge in [0.05, 0.1) is 24.1 Å². The molecule has 1 amide bonds. The van der Waals surface area contributed by atoms with Crippen molar-refractivity contribution in [3.05, 3.63) is 94.1 Å². The molecule has 0 unspecified atom stereocenters. The summed E-state index contributed by atoms with van der Waals surface area (Å²) >= 11 is 6.86. The van der Waals surface area contributed by atoms with Crippen LogP contribution < -0.4 is 9.75 Å². The van der Waals surface area contributed by atoms with E-state index in [9.17, 15) is 4.79 Å². The number of carbonyl (C=O) groups excluding carboxylic acids is 1. The fourth-order valence-electron chi connectivity index (χ4n) is 3.13. The van der Waals surface area contributed by atoms with E-state index in [0.29, 0.717) is 17.9 Å². The molecule has 0 aliphatic carbocycles. The lowest BCUT2D eigenvalue weighted by Crippen LogP contribution is -2.21. The molecule has 0 fully saturated rings. The fraction of sp³-hybridized carbons (Fsp3) is 0.0833. The molecule has 0 bridgehead atoms. The van der Waals surface area contributed by atoms with Gasteiger partial charge in [-0.05, 0) is 128 Å². The van der Waals surface area contributed by atoms with Crippen molar-refractivity contribution >= 4 is 91.2 Å². The zero-order valence-corrected chi connectivity index (χ0v) is 23.0. The summed E-state index contributed by atoms with van der Waals surface area (Å²) in [6.07, 6.45) is 1.90. The highest BCUT2D eigenvalue weighted by Gasteiger charge is 2.28. The topological polar surface area (TPSA) is 41.9 Å². The third-order valence-corrected chi connectivity index (χ3v) is 7.01. The largest absolute Gasteiger partial charge is 0.487 e. The zero-order chi connectivity index (χ0) is 22.0. The van der Waals surface area contributed by atoms with Gasteiger partial charge in [0.1, 0.15) is 12.4 Å². The zero-order valence-electron chi connectivity index (χ0n) is 16.5. The minimum atomic E-state index is -0.118. The van der Waals surface area contributed by atoms with Crippen LogP contribution in [-0.2, 0) is 11.4 Å². The lowest BCUT2D eigenvalue weighted by atomic mass is 10.1. The first-order chi connectivity index (χ1) is 14.9. The molecular formula is C24H17I3N2O2. The molecule has 3 aromatic rings. The monoisotopic (exact) mass is 746 g/mol. The van der Waals surface area contributed by atoms with Crippen molar-refractivity contribution in [1.82, 2.24) is 0 Å². The molecule has 0 N–H and O–H groups in total. The number of carbonyl (C=O) groups is 1. The number of benzene rings is 3. The van der Waals surface area contributed by atoms with Crippen LogP contribution in [-0.4, -0.2) is 11.6 Å². The van der Waals surface area contributed by atoms with Crippen LogP contribution >= 0.6 is 67.8 Å². The normalized spacial score (nSPS) is 14.8. The predicted octanol–water partition coefficient (Wildman–Crippen LogP) is 6.89. The lowest BCUT2D eigenvalue weighted by Gasteiger charge is -2.12. The Morgan fingerprint density at radius 1 is 0.968 bits per heavy atom. The minimum absolute atomic E-state index is 0.118. The van der Waals surface area contributed by atoms with E-state index in [4.69, 9.17) is 4.74 Å². The summed E-state index contributed by atoms with van der Waals surface area (Å²) < 4.78 is 9.30. The van der Waals surface area contributed by atoms with Gasteiger partial charge in [-0.25, -0.2) is 0 Å². The molecule has 1 aliphatic heterocycles. The second-order valence-electron chi connectivity index (χ2n) is 6.92. The molecule has 1 aliphatic rings. The number of para-hydroxylation sites is 1. The van der Waals surface area contributed by atoms with Gasteiger partial charge in [-0.15, -0.1) is 0 Å². The first-order valence-corrected chi connectivity index (χ1v) is 12.7. The second kappa shape index (κ2) is 9.99. The fourth-order valence-corrected chi connectivity index (χ4v) is 5.62. The number of anilines is 1. The number of ether oxygens (including phenoxy) is 1. The number of nitrogens with zero attached hydrogens (tertiary/aromatic N) is 2. The standard InChI is InChI=1S/C24H17I3N2O2/c1-15-20(24(30)29(28-15)19-5-3-2-4-6-19)11-17-12-21(26)23(22(27)13-17)31-14-16-7-9-18(25)10-8-16/h2-13H,14H2,1H3/b20-11+. The molecule has 0 spiro atoms. The van der Waals surface area contributed by atoms with Gasteiger partial charge in [0, 0.05) is 3.57 Å². The van der Waals surface area contributed by atoms with Gasteiger partial charge in [-0.3, -0.25) is 4.79 Å². The van der Waals surface area contributed by atoms with Crippen molar-refractivity contribution in [1.29, 1.82) is 0 Å². The number of hydrogen-bond donors (Lipinski definition) is 0. The van der Waals surface area contributed by atoms with Crippen LogP contribution in [0.1, 0.15) is 18.1 Å². The highest BCUT2D eigenvalue weighted by molar-refractivity contribution is 14.1. The van der Waals surface area contributed by atoms with Crippen molar-refractivity contribution in [2.24, 2.45) is 5.10 Å². The highest BCUT2D eigenvalue weighted by atomic mass is 127. The van der Waals surface area contributed by atoms with E-state index >= 15 is 0 Å². The Morgan fingerprint density at radius 3 is 2.26 bits per heavy atom. The Bertz CT molecular complexity index is 1170. The quantitative estimate of drug-likeness (QED) is 0.211. The Hall–Kier alpha value is -1.47. The summed E-state index contributed by atoms with van der Waals surface area (Å²) in [6.45, 7) is 2.38. The molecule has 4 rings (SSSR count). The molecule has 4 nitrogen and oxygen atoms in total. The first-order valence-electron chi connectivity index (χ1n) is 9.45. The molecule has 0 aromatic heterocycles. The Morgan fingerprint density at radius 2 is 1.61 bits per heavy atom. The average molecular weight is 746 g/mol. The lowest BCUT2D eigenvalue weighted by molar-refractivity contribution is -0.114. The van der Waals surface area contributed by atoms with E-state index in [2.05, 4.69) is 97.1 Å². The molecular weight excluding hydrogens is 729 g/mol. The molecule has 7 heteroatoms. The summed E-state index contributed by atoms with van der Waals surface area (Å²) in [5.74, 6) is 0.740. The molecule has 0 saturated carbocycles. The van der Waals surface area contributed by atoms with Gasteiger partial charge in [0.15, 0.2) is 0 Å². The Kier molecular flexibility index (Phi) is 7.32. The minimum Gasteiger partial charge on any atom is -0.487 e. The smallest absolute Gasteiger partial charge is 0.280 e. The summed E-state index contributed by atoms with van der Waals surface area (Å²) in [4.78, 5) is 13.0.